The maximum absolute atomic E-state index is 5.32. The highest BCUT2D eigenvalue weighted by molar-refractivity contribution is 7.71. The van der Waals surface area contributed by atoms with Crippen LogP contribution in [0.3, 0.4) is 0 Å². The molecule has 2 aromatic rings. The Morgan fingerprint density at radius 2 is 2.00 bits per heavy atom. The van der Waals surface area contributed by atoms with Gasteiger partial charge < -0.3 is 15.2 Å². The molecule has 0 spiro atoms. The molecule has 0 bridgehead atoms. The predicted octanol–water partition coefficient (Wildman–Crippen LogP) is 2.35. The number of aromatic nitrogens is 2. The summed E-state index contributed by atoms with van der Waals surface area (Å²) in [6.07, 6.45) is 2.07. The predicted molar refractivity (Wildman–Crippen MR) is 86.0 cm³/mol. The molecular formula is C16H18N4S. The number of hydrogen-bond donors (Lipinski definition) is 2. The van der Waals surface area contributed by atoms with Crippen molar-refractivity contribution in [2.45, 2.75) is 25.9 Å². The van der Waals surface area contributed by atoms with E-state index >= 15 is 0 Å². The first-order valence-corrected chi connectivity index (χ1v) is 7.86. The standard InChI is InChI=1S/C16H18N4S/c21-16-18-14-5-7-17-9-13(14)15(19-16)20-8-6-11-3-1-2-4-12(11)10-20/h1-4,17H,5-10H2,(H,18,19,21). The lowest BCUT2D eigenvalue weighted by atomic mass is 9.99. The van der Waals surface area contributed by atoms with Gasteiger partial charge in [0.1, 0.15) is 5.82 Å². The number of aromatic amines is 1. The molecule has 0 unspecified atom stereocenters. The number of anilines is 1. The fraction of sp³-hybridized carbons (Fsp3) is 0.375. The minimum Gasteiger partial charge on any atom is -0.352 e. The molecule has 21 heavy (non-hydrogen) atoms. The van der Waals surface area contributed by atoms with E-state index in [-0.39, 0.29) is 0 Å². The molecule has 2 N–H and O–H groups in total. The Bertz CT molecular complexity index is 737. The van der Waals surface area contributed by atoms with Gasteiger partial charge in [0.15, 0.2) is 4.77 Å². The first-order valence-electron chi connectivity index (χ1n) is 7.46. The SMILES string of the molecule is S=c1nc(N2CCc3ccccc3C2)c2c([nH]1)CCNC2. The molecule has 5 heteroatoms. The van der Waals surface area contributed by atoms with Gasteiger partial charge in [-0.25, -0.2) is 4.98 Å². The summed E-state index contributed by atoms with van der Waals surface area (Å²) in [4.78, 5) is 10.3. The average Bonchev–Trinajstić information content (AvgIpc) is 2.53. The van der Waals surface area contributed by atoms with Crippen molar-refractivity contribution < 1.29 is 0 Å². The van der Waals surface area contributed by atoms with E-state index < -0.39 is 0 Å². The summed E-state index contributed by atoms with van der Waals surface area (Å²) in [6.45, 7) is 3.82. The number of fused-ring (bicyclic) bond motifs is 2. The highest BCUT2D eigenvalue weighted by atomic mass is 32.1. The van der Waals surface area contributed by atoms with E-state index in [2.05, 4.69) is 44.5 Å². The molecule has 108 valence electrons. The fourth-order valence-corrected chi connectivity index (χ4v) is 3.50. The number of nitrogens with one attached hydrogen (secondary N) is 2. The Morgan fingerprint density at radius 3 is 2.90 bits per heavy atom. The third kappa shape index (κ3) is 2.36. The quantitative estimate of drug-likeness (QED) is 0.793. The van der Waals surface area contributed by atoms with Gasteiger partial charge in [0.25, 0.3) is 0 Å². The zero-order chi connectivity index (χ0) is 14.2. The summed E-state index contributed by atoms with van der Waals surface area (Å²) < 4.78 is 0.601. The number of benzene rings is 1. The lowest BCUT2D eigenvalue weighted by Crippen LogP contribution is -2.34. The van der Waals surface area contributed by atoms with E-state index in [9.17, 15) is 0 Å². The molecule has 1 aromatic heterocycles. The van der Waals surface area contributed by atoms with Crippen molar-refractivity contribution in [2.75, 3.05) is 18.0 Å². The van der Waals surface area contributed by atoms with Crippen LogP contribution in [0, 0.1) is 4.77 Å². The van der Waals surface area contributed by atoms with Crippen molar-refractivity contribution in [3.8, 4) is 0 Å². The van der Waals surface area contributed by atoms with Crippen LogP contribution in [-0.2, 0) is 25.9 Å². The van der Waals surface area contributed by atoms with E-state index in [1.807, 2.05) is 0 Å². The monoisotopic (exact) mass is 298 g/mol. The summed E-state index contributed by atoms with van der Waals surface area (Å²) in [6, 6.07) is 8.69. The van der Waals surface area contributed by atoms with Gasteiger partial charge in [-0.1, -0.05) is 24.3 Å². The maximum Gasteiger partial charge on any atom is 0.198 e. The first-order chi connectivity index (χ1) is 10.3. The smallest absolute Gasteiger partial charge is 0.198 e. The zero-order valence-electron chi connectivity index (χ0n) is 11.9. The molecule has 4 rings (SSSR count). The van der Waals surface area contributed by atoms with Gasteiger partial charge >= 0.3 is 0 Å². The first kappa shape index (κ1) is 13.0. The number of rotatable bonds is 1. The lowest BCUT2D eigenvalue weighted by Gasteiger charge is -2.32. The Kier molecular flexibility index (Phi) is 3.24. The van der Waals surface area contributed by atoms with Gasteiger partial charge in [0, 0.05) is 43.9 Å². The van der Waals surface area contributed by atoms with Gasteiger partial charge in [-0.15, -0.1) is 0 Å². The van der Waals surface area contributed by atoms with Crippen LogP contribution in [0.15, 0.2) is 24.3 Å². The van der Waals surface area contributed by atoms with E-state index in [1.165, 1.54) is 22.4 Å². The molecule has 0 radical (unpaired) electrons. The van der Waals surface area contributed by atoms with E-state index in [0.717, 1.165) is 44.8 Å². The molecule has 1 aromatic carbocycles. The maximum atomic E-state index is 5.32. The van der Waals surface area contributed by atoms with Crippen LogP contribution in [-0.4, -0.2) is 23.1 Å². The van der Waals surface area contributed by atoms with Crippen molar-refractivity contribution in [2.24, 2.45) is 0 Å². The molecule has 2 aliphatic heterocycles. The van der Waals surface area contributed by atoms with Gasteiger partial charge in [0.05, 0.1) is 0 Å². The Balaban J connectivity index is 1.75. The van der Waals surface area contributed by atoms with Crippen LogP contribution < -0.4 is 10.2 Å². The van der Waals surface area contributed by atoms with Crippen LogP contribution in [0.2, 0.25) is 0 Å². The second-order valence-corrected chi connectivity index (χ2v) is 6.08. The van der Waals surface area contributed by atoms with Gasteiger partial charge in [-0.2, -0.15) is 0 Å². The van der Waals surface area contributed by atoms with Crippen LogP contribution in [0.4, 0.5) is 5.82 Å². The summed E-state index contributed by atoms with van der Waals surface area (Å²) in [7, 11) is 0. The minimum atomic E-state index is 0.601. The number of hydrogen-bond acceptors (Lipinski definition) is 4. The minimum absolute atomic E-state index is 0.601. The second kappa shape index (κ2) is 5.24. The summed E-state index contributed by atoms with van der Waals surface area (Å²) >= 11 is 5.32. The molecule has 0 saturated heterocycles. The highest BCUT2D eigenvalue weighted by Gasteiger charge is 2.22. The van der Waals surface area contributed by atoms with Crippen LogP contribution in [0.1, 0.15) is 22.4 Å². The summed E-state index contributed by atoms with van der Waals surface area (Å²) in [5.74, 6) is 1.07. The van der Waals surface area contributed by atoms with Crippen LogP contribution in [0.25, 0.3) is 0 Å². The third-order valence-electron chi connectivity index (χ3n) is 4.38. The molecule has 4 nitrogen and oxygen atoms in total. The fourth-order valence-electron chi connectivity index (χ4n) is 3.30. The van der Waals surface area contributed by atoms with Crippen molar-refractivity contribution >= 4 is 18.0 Å². The van der Waals surface area contributed by atoms with E-state index in [1.54, 1.807) is 0 Å². The van der Waals surface area contributed by atoms with Crippen molar-refractivity contribution in [3.63, 3.8) is 0 Å². The molecule has 0 saturated carbocycles. The Labute approximate surface area is 129 Å². The second-order valence-electron chi connectivity index (χ2n) is 5.69. The molecule has 2 aliphatic rings. The van der Waals surface area contributed by atoms with Crippen LogP contribution in [0.5, 0.6) is 0 Å². The number of H-pyrrole nitrogens is 1. The highest BCUT2D eigenvalue weighted by Crippen LogP contribution is 2.28. The zero-order valence-corrected chi connectivity index (χ0v) is 12.7. The molecule has 0 aliphatic carbocycles. The van der Waals surface area contributed by atoms with E-state index in [4.69, 9.17) is 12.2 Å². The Morgan fingerprint density at radius 1 is 1.14 bits per heavy atom. The summed E-state index contributed by atoms with van der Waals surface area (Å²) in [5, 5.41) is 3.44. The molecular weight excluding hydrogens is 280 g/mol. The average molecular weight is 298 g/mol. The molecule has 0 amide bonds. The molecule has 0 fully saturated rings. The van der Waals surface area contributed by atoms with Crippen LogP contribution >= 0.6 is 12.2 Å². The summed E-state index contributed by atoms with van der Waals surface area (Å²) in [5.41, 5.74) is 5.40. The van der Waals surface area contributed by atoms with E-state index in [0.29, 0.717) is 4.77 Å². The molecule has 0 atom stereocenters. The van der Waals surface area contributed by atoms with Crippen molar-refractivity contribution in [3.05, 3.63) is 51.4 Å². The largest absolute Gasteiger partial charge is 0.352 e. The third-order valence-corrected chi connectivity index (χ3v) is 4.58. The Hall–Kier alpha value is -1.72. The normalized spacial score (nSPS) is 17.2. The van der Waals surface area contributed by atoms with Crippen molar-refractivity contribution in [1.82, 2.24) is 15.3 Å². The van der Waals surface area contributed by atoms with Gasteiger partial charge in [-0.05, 0) is 29.8 Å². The van der Waals surface area contributed by atoms with Crippen molar-refractivity contribution in [1.29, 1.82) is 0 Å². The van der Waals surface area contributed by atoms with Gasteiger partial charge in [-0.3, -0.25) is 0 Å². The van der Waals surface area contributed by atoms with Gasteiger partial charge in [0.2, 0.25) is 0 Å². The topological polar surface area (TPSA) is 44.0 Å². The lowest BCUT2D eigenvalue weighted by molar-refractivity contribution is 0.614. The number of nitrogens with zero attached hydrogens (tertiary/aromatic N) is 2. The molecule has 3 heterocycles.